The van der Waals surface area contributed by atoms with Gasteiger partial charge in [0.05, 0.1) is 23.9 Å². The second-order valence-electron chi connectivity index (χ2n) is 6.38. The Labute approximate surface area is 158 Å². The fourth-order valence-corrected chi connectivity index (χ4v) is 4.53. The van der Waals surface area contributed by atoms with Crippen molar-refractivity contribution in [1.82, 2.24) is 10.2 Å². The van der Waals surface area contributed by atoms with Crippen LogP contribution in [0, 0.1) is 5.92 Å². The molecule has 1 aliphatic heterocycles. The molecule has 1 heterocycles. The van der Waals surface area contributed by atoms with Crippen LogP contribution in [0.15, 0.2) is 33.6 Å². The minimum atomic E-state index is -3.49. The van der Waals surface area contributed by atoms with Crippen molar-refractivity contribution in [3.63, 3.8) is 0 Å². The summed E-state index contributed by atoms with van der Waals surface area (Å²) < 4.78 is 31.0. The fraction of sp³-hybridized carbons (Fsp3) is 0.588. The van der Waals surface area contributed by atoms with Gasteiger partial charge in [0, 0.05) is 36.1 Å². The van der Waals surface area contributed by atoms with Crippen molar-refractivity contribution in [2.24, 2.45) is 5.92 Å². The van der Waals surface area contributed by atoms with Crippen LogP contribution >= 0.6 is 15.9 Å². The van der Waals surface area contributed by atoms with Gasteiger partial charge in [0.15, 0.2) is 9.84 Å². The number of ether oxygens (including phenoxy) is 1. The first-order chi connectivity index (χ1) is 11.8. The van der Waals surface area contributed by atoms with Gasteiger partial charge in [-0.2, -0.15) is 0 Å². The van der Waals surface area contributed by atoms with Crippen LogP contribution in [0.25, 0.3) is 0 Å². The van der Waals surface area contributed by atoms with Crippen LogP contribution < -0.4 is 5.32 Å². The van der Waals surface area contributed by atoms with Gasteiger partial charge in [-0.05, 0) is 31.2 Å². The number of morpholine rings is 1. The number of carbonyl (C=O) groups excluding carboxylic acids is 1. The van der Waals surface area contributed by atoms with Crippen LogP contribution in [0.5, 0.6) is 0 Å². The van der Waals surface area contributed by atoms with E-state index in [-0.39, 0.29) is 22.6 Å². The highest BCUT2D eigenvalue weighted by atomic mass is 79.9. The Balaban J connectivity index is 1.85. The van der Waals surface area contributed by atoms with Gasteiger partial charge in [0.1, 0.15) is 0 Å². The van der Waals surface area contributed by atoms with Crippen LogP contribution in [0.3, 0.4) is 0 Å². The molecule has 0 bridgehead atoms. The Kier molecular flexibility index (Phi) is 7.42. The number of amides is 1. The molecule has 1 N–H and O–H groups in total. The number of hydrogen-bond donors (Lipinski definition) is 1. The van der Waals surface area contributed by atoms with Gasteiger partial charge in [-0.1, -0.05) is 22.9 Å². The number of carbonyl (C=O) groups is 1. The number of nitrogens with zero attached hydrogens (tertiary/aromatic N) is 1. The normalized spacial score (nSPS) is 18.5. The zero-order valence-corrected chi connectivity index (χ0v) is 17.0. The second kappa shape index (κ2) is 9.12. The molecule has 25 heavy (non-hydrogen) atoms. The summed E-state index contributed by atoms with van der Waals surface area (Å²) in [5, 5.41) is 2.87. The molecule has 8 heteroatoms. The predicted molar refractivity (Wildman–Crippen MR) is 100 cm³/mol. The predicted octanol–water partition coefficient (Wildman–Crippen LogP) is 1.70. The van der Waals surface area contributed by atoms with Crippen LogP contribution in [-0.2, 0) is 19.4 Å². The van der Waals surface area contributed by atoms with Crippen LogP contribution in [-0.4, -0.2) is 63.9 Å². The molecule has 1 saturated heterocycles. The van der Waals surface area contributed by atoms with Crippen molar-refractivity contribution in [2.45, 2.75) is 24.8 Å². The molecule has 1 fully saturated rings. The van der Waals surface area contributed by atoms with Gasteiger partial charge in [-0.3, -0.25) is 9.69 Å². The molecule has 2 rings (SSSR count). The molecule has 0 aliphatic carbocycles. The summed E-state index contributed by atoms with van der Waals surface area (Å²) in [4.78, 5) is 14.8. The second-order valence-corrected chi connectivity index (χ2v) is 9.33. The van der Waals surface area contributed by atoms with Gasteiger partial charge in [0.25, 0.3) is 0 Å². The third-order valence-electron chi connectivity index (χ3n) is 4.33. The van der Waals surface area contributed by atoms with E-state index in [2.05, 4.69) is 33.1 Å². The number of hydrogen-bond acceptors (Lipinski definition) is 5. The van der Waals surface area contributed by atoms with E-state index in [4.69, 9.17) is 4.74 Å². The Morgan fingerprint density at radius 2 is 1.84 bits per heavy atom. The van der Waals surface area contributed by atoms with Crippen molar-refractivity contribution < 1.29 is 17.9 Å². The minimum Gasteiger partial charge on any atom is -0.379 e. The van der Waals surface area contributed by atoms with Crippen LogP contribution in [0.4, 0.5) is 0 Å². The van der Waals surface area contributed by atoms with E-state index in [1.807, 2.05) is 0 Å². The molecule has 140 valence electrons. The molecule has 0 spiro atoms. The molecular formula is C17H25BrN2O4S. The smallest absolute Gasteiger partial charge is 0.223 e. The molecule has 1 amide bonds. The van der Waals surface area contributed by atoms with Crippen molar-refractivity contribution in [3.8, 4) is 0 Å². The first kappa shape index (κ1) is 20.4. The van der Waals surface area contributed by atoms with Gasteiger partial charge in [0.2, 0.25) is 5.91 Å². The average Bonchev–Trinajstić information content (AvgIpc) is 2.60. The van der Waals surface area contributed by atoms with E-state index in [9.17, 15) is 13.2 Å². The summed E-state index contributed by atoms with van der Waals surface area (Å²) >= 11 is 3.28. The molecule has 2 atom stereocenters. The largest absolute Gasteiger partial charge is 0.379 e. The molecule has 0 saturated carbocycles. The Morgan fingerprint density at radius 1 is 1.24 bits per heavy atom. The molecule has 6 nitrogen and oxygen atoms in total. The zero-order chi connectivity index (χ0) is 18.4. The van der Waals surface area contributed by atoms with Gasteiger partial charge >= 0.3 is 0 Å². The average molecular weight is 433 g/mol. The topological polar surface area (TPSA) is 75.7 Å². The lowest BCUT2D eigenvalue weighted by atomic mass is 10.2. The Hall–Kier alpha value is -0.960. The molecule has 1 aliphatic rings. The maximum absolute atomic E-state index is 12.4. The molecule has 0 radical (unpaired) electrons. The third kappa shape index (κ3) is 6.06. The number of halogens is 1. The van der Waals surface area contributed by atoms with E-state index in [1.165, 1.54) is 0 Å². The highest BCUT2D eigenvalue weighted by Gasteiger charge is 2.24. The van der Waals surface area contributed by atoms with Crippen molar-refractivity contribution in [2.75, 3.05) is 38.6 Å². The van der Waals surface area contributed by atoms with Crippen LogP contribution in [0.1, 0.15) is 13.8 Å². The van der Waals surface area contributed by atoms with Crippen molar-refractivity contribution >= 4 is 31.7 Å². The summed E-state index contributed by atoms with van der Waals surface area (Å²) in [6.45, 7) is 7.32. The maximum atomic E-state index is 12.4. The molecule has 1 aromatic carbocycles. The van der Waals surface area contributed by atoms with E-state index in [0.29, 0.717) is 19.8 Å². The first-order valence-electron chi connectivity index (χ1n) is 8.37. The summed E-state index contributed by atoms with van der Waals surface area (Å²) in [6.07, 6.45) is 0. The minimum absolute atomic E-state index is 0.197. The van der Waals surface area contributed by atoms with E-state index >= 15 is 0 Å². The Morgan fingerprint density at radius 3 is 2.44 bits per heavy atom. The summed E-state index contributed by atoms with van der Waals surface area (Å²) in [6, 6.07) is 6.65. The molecule has 0 aromatic heterocycles. The number of sulfone groups is 1. The van der Waals surface area contributed by atoms with Crippen molar-refractivity contribution in [1.29, 1.82) is 0 Å². The lowest BCUT2D eigenvalue weighted by molar-refractivity contribution is -0.124. The molecule has 0 unspecified atom stereocenters. The van der Waals surface area contributed by atoms with E-state index in [1.54, 1.807) is 31.2 Å². The van der Waals surface area contributed by atoms with Gasteiger partial charge in [-0.15, -0.1) is 0 Å². The van der Waals surface area contributed by atoms with Crippen LogP contribution in [0.2, 0.25) is 0 Å². The Bertz CT molecular complexity index is 672. The summed E-state index contributed by atoms with van der Waals surface area (Å²) in [5.74, 6) is -1.04. The molecule has 1 aromatic rings. The summed E-state index contributed by atoms with van der Waals surface area (Å²) in [7, 11) is -3.49. The lowest BCUT2D eigenvalue weighted by Crippen LogP contribution is -2.48. The highest BCUT2D eigenvalue weighted by Crippen LogP contribution is 2.18. The number of rotatable bonds is 7. The van der Waals surface area contributed by atoms with E-state index < -0.39 is 15.8 Å². The molecular weight excluding hydrogens is 408 g/mol. The van der Waals surface area contributed by atoms with E-state index in [0.717, 1.165) is 17.6 Å². The number of benzene rings is 1. The lowest BCUT2D eigenvalue weighted by Gasteiger charge is -2.32. The highest BCUT2D eigenvalue weighted by molar-refractivity contribution is 9.10. The SMILES string of the molecule is C[C@H](CNC(=O)[C@@H](C)CS(=O)(=O)c1ccc(Br)cc1)N1CCOCC1. The quantitative estimate of drug-likeness (QED) is 0.709. The zero-order valence-electron chi connectivity index (χ0n) is 14.6. The van der Waals surface area contributed by atoms with Crippen molar-refractivity contribution in [3.05, 3.63) is 28.7 Å². The number of nitrogens with one attached hydrogen (secondary N) is 1. The maximum Gasteiger partial charge on any atom is 0.223 e. The fourth-order valence-electron chi connectivity index (χ4n) is 2.71. The van der Waals surface area contributed by atoms with Gasteiger partial charge < -0.3 is 10.1 Å². The summed E-state index contributed by atoms with van der Waals surface area (Å²) in [5.41, 5.74) is 0. The first-order valence-corrected chi connectivity index (χ1v) is 10.8. The monoisotopic (exact) mass is 432 g/mol. The standard InChI is InChI=1S/C17H25BrN2O4S/c1-13(12-25(22,23)16-5-3-15(18)4-6-16)17(21)19-11-14(2)20-7-9-24-10-8-20/h3-6,13-14H,7-12H2,1-2H3,(H,19,21)/t13-,14+/m0/s1. The third-order valence-corrected chi connectivity index (χ3v) is 6.79. The van der Waals surface area contributed by atoms with Gasteiger partial charge in [-0.25, -0.2) is 8.42 Å².